The number of fused-ring (bicyclic) bond motifs is 1. The average molecular weight is 439 g/mol. The van der Waals surface area contributed by atoms with Crippen LogP contribution in [0.1, 0.15) is 16.1 Å². The Labute approximate surface area is 159 Å². The zero-order valence-electron chi connectivity index (χ0n) is 13.3. The first-order chi connectivity index (χ1) is 12.3. The van der Waals surface area contributed by atoms with Crippen molar-refractivity contribution in [3.63, 3.8) is 0 Å². The van der Waals surface area contributed by atoms with Crippen molar-refractivity contribution in [3.05, 3.63) is 57.0 Å². The van der Waals surface area contributed by atoms with Gasteiger partial charge in [-0.3, -0.25) is 0 Å². The summed E-state index contributed by atoms with van der Waals surface area (Å²) in [5, 5.41) is 9.85. The van der Waals surface area contributed by atoms with Gasteiger partial charge in [0.15, 0.2) is 0 Å². The molecule has 0 aliphatic carbocycles. The Balaban J connectivity index is 2.09. The van der Waals surface area contributed by atoms with E-state index in [-0.39, 0.29) is 11.1 Å². The molecular weight excluding hydrogens is 429 g/mol. The molecule has 0 bridgehead atoms. The molecule has 3 rings (SSSR count). The predicted molar refractivity (Wildman–Crippen MR) is 98.8 cm³/mol. The number of hydrogen-bond acceptors (Lipinski definition) is 4. The van der Waals surface area contributed by atoms with Gasteiger partial charge in [-0.05, 0) is 42.5 Å². The summed E-state index contributed by atoms with van der Waals surface area (Å²) in [7, 11) is 1.52. The summed E-state index contributed by atoms with van der Waals surface area (Å²) >= 11 is 4.53. The van der Waals surface area contributed by atoms with E-state index in [0.717, 1.165) is 27.9 Å². The number of halogens is 4. The molecule has 1 heterocycles. The third kappa shape index (κ3) is 3.74. The number of benzene rings is 2. The van der Waals surface area contributed by atoms with Crippen LogP contribution >= 0.6 is 27.3 Å². The minimum Gasteiger partial charge on any atom is -0.496 e. The molecule has 0 saturated carbocycles. The summed E-state index contributed by atoms with van der Waals surface area (Å²) < 4.78 is 45.2. The van der Waals surface area contributed by atoms with E-state index in [9.17, 15) is 18.4 Å². The molecule has 3 nitrogen and oxygen atoms in total. The van der Waals surface area contributed by atoms with Crippen LogP contribution in [0.3, 0.4) is 0 Å². The standard InChI is InChI=1S/C18H10BrF3N2OS/c1-25-15-4-3-13(19)7-10(15)6-11(9-23)17-24-14-8-12(18(20,21)22)2-5-16(14)26-17/h2-8H,1H3. The third-order valence-corrected chi connectivity index (χ3v) is 5.12. The van der Waals surface area contributed by atoms with E-state index in [2.05, 4.69) is 27.0 Å². The summed E-state index contributed by atoms with van der Waals surface area (Å²) in [6, 6.07) is 10.8. The van der Waals surface area contributed by atoms with Crippen molar-refractivity contribution in [3.8, 4) is 11.8 Å². The molecule has 0 aliphatic rings. The van der Waals surface area contributed by atoms with Crippen LogP contribution in [0.15, 0.2) is 40.9 Å². The van der Waals surface area contributed by atoms with Crippen molar-refractivity contribution < 1.29 is 17.9 Å². The molecular formula is C18H10BrF3N2OS. The van der Waals surface area contributed by atoms with E-state index < -0.39 is 11.7 Å². The molecule has 0 fully saturated rings. The van der Waals surface area contributed by atoms with Crippen LogP contribution in [0.4, 0.5) is 13.2 Å². The van der Waals surface area contributed by atoms with Gasteiger partial charge in [-0.1, -0.05) is 15.9 Å². The summed E-state index contributed by atoms with van der Waals surface area (Å²) in [6.45, 7) is 0. The minimum atomic E-state index is -4.43. The number of nitriles is 1. The average Bonchev–Trinajstić information content (AvgIpc) is 3.02. The first-order valence-electron chi connectivity index (χ1n) is 7.25. The van der Waals surface area contributed by atoms with E-state index in [1.807, 2.05) is 0 Å². The van der Waals surface area contributed by atoms with E-state index in [0.29, 0.717) is 21.0 Å². The van der Waals surface area contributed by atoms with Crippen LogP contribution in [0, 0.1) is 11.3 Å². The summed E-state index contributed by atoms with van der Waals surface area (Å²) in [5.74, 6) is 0.571. The van der Waals surface area contributed by atoms with Crippen molar-refractivity contribution in [1.82, 2.24) is 4.98 Å². The van der Waals surface area contributed by atoms with Gasteiger partial charge in [-0.15, -0.1) is 11.3 Å². The van der Waals surface area contributed by atoms with E-state index in [1.165, 1.54) is 13.2 Å². The lowest BCUT2D eigenvalue weighted by molar-refractivity contribution is -0.137. The van der Waals surface area contributed by atoms with Gasteiger partial charge < -0.3 is 4.74 Å². The molecule has 3 aromatic rings. The van der Waals surface area contributed by atoms with Gasteiger partial charge >= 0.3 is 6.18 Å². The number of rotatable bonds is 3. The van der Waals surface area contributed by atoms with Crippen molar-refractivity contribution in [2.45, 2.75) is 6.18 Å². The largest absolute Gasteiger partial charge is 0.496 e. The number of aromatic nitrogens is 1. The van der Waals surface area contributed by atoms with Gasteiger partial charge in [-0.2, -0.15) is 18.4 Å². The molecule has 0 radical (unpaired) electrons. The molecule has 0 saturated heterocycles. The Kier molecular flexibility index (Phi) is 5.03. The lowest BCUT2D eigenvalue weighted by atomic mass is 10.1. The van der Waals surface area contributed by atoms with Crippen LogP contribution in [-0.4, -0.2) is 12.1 Å². The Morgan fingerprint density at radius 3 is 2.69 bits per heavy atom. The number of thiazole rings is 1. The molecule has 0 atom stereocenters. The molecule has 0 spiro atoms. The highest BCUT2D eigenvalue weighted by molar-refractivity contribution is 9.10. The van der Waals surface area contributed by atoms with Crippen molar-refractivity contribution >= 4 is 49.1 Å². The fourth-order valence-corrected chi connectivity index (χ4v) is 3.63. The van der Waals surface area contributed by atoms with Gasteiger partial charge in [0.05, 0.1) is 28.5 Å². The monoisotopic (exact) mass is 438 g/mol. The van der Waals surface area contributed by atoms with Gasteiger partial charge in [0.2, 0.25) is 0 Å². The Bertz CT molecular complexity index is 1050. The summed E-state index contributed by atoms with van der Waals surface area (Å²) in [5.41, 5.74) is 0.352. The highest BCUT2D eigenvalue weighted by Gasteiger charge is 2.30. The number of alkyl halides is 3. The SMILES string of the molecule is COc1ccc(Br)cc1C=C(C#N)c1nc2cc(C(F)(F)F)ccc2s1. The van der Waals surface area contributed by atoms with Crippen LogP contribution in [0.25, 0.3) is 21.9 Å². The quantitative estimate of drug-likeness (QED) is 0.460. The second kappa shape index (κ2) is 7.09. The first kappa shape index (κ1) is 18.4. The third-order valence-electron chi connectivity index (χ3n) is 3.56. The van der Waals surface area contributed by atoms with Crippen LogP contribution in [-0.2, 0) is 6.18 Å². The fraction of sp³-hybridized carbons (Fsp3) is 0.111. The lowest BCUT2D eigenvalue weighted by Gasteiger charge is -2.05. The van der Waals surface area contributed by atoms with Crippen molar-refractivity contribution in [2.24, 2.45) is 0 Å². The van der Waals surface area contributed by atoms with E-state index >= 15 is 0 Å². The minimum absolute atomic E-state index is 0.210. The highest BCUT2D eigenvalue weighted by Crippen LogP contribution is 2.35. The lowest BCUT2D eigenvalue weighted by Crippen LogP contribution is -2.03. The van der Waals surface area contributed by atoms with Crippen molar-refractivity contribution in [2.75, 3.05) is 7.11 Å². The van der Waals surface area contributed by atoms with E-state index in [1.54, 1.807) is 24.3 Å². The number of methoxy groups -OCH3 is 1. The zero-order valence-corrected chi connectivity index (χ0v) is 15.7. The fourth-order valence-electron chi connectivity index (χ4n) is 2.33. The highest BCUT2D eigenvalue weighted by atomic mass is 79.9. The molecule has 26 heavy (non-hydrogen) atoms. The number of allylic oxidation sites excluding steroid dienone is 1. The summed E-state index contributed by atoms with van der Waals surface area (Å²) in [6.07, 6.45) is -2.83. The predicted octanol–water partition coefficient (Wildman–Crippen LogP) is 6.15. The Morgan fingerprint density at radius 1 is 1.27 bits per heavy atom. The molecule has 0 amide bonds. The Hall–Kier alpha value is -2.37. The molecule has 0 aliphatic heterocycles. The van der Waals surface area contributed by atoms with Gasteiger partial charge in [0.1, 0.15) is 16.8 Å². The topological polar surface area (TPSA) is 45.9 Å². The number of nitrogens with zero attached hydrogens (tertiary/aromatic N) is 2. The molecule has 1 aromatic heterocycles. The molecule has 132 valence electrons. The summed E-state index contributed by atoms with van der Waals surface area (Å²) in [4.78, 5) is 4.21. The van der Waals surface area contributed by atoms with E-state index in [4.69, 9.17) is 4.74 Å². The van der Waals surface area contributed by atoms with Crippen LogP contribution < -0.4 is 4.74 Å². The molecule has 0 unspecified atom stereocenters. The first-order valence-corrected chi connectivity index (χ1v) is 8.86. The molecule has 2 aromatic carbocycles. The van der Waals surface area contributed by atoms with Gasteiger partial charge in [0, 0.05) is 10.0 Å². The smallest absolute Gasteiger partial charge is 0.416 e. The maximum absolute atomic E-state index is 12.8. The Morgan fingerprint density at radius 2 is 2.04 bits per heavy atom. The van der Waals surface area contributed by atoms with Gasteiger partial charge in [-0.25, -0.2) is 4.98 Å². The van der Waals surface area contributed by atoms with Crippen LogP contribution in [0.5, 0.6) is 5.75 Å². The maximum Gasteiger partial charge on any atom is 0.416 e. The number of ether oxygens (including phenoxy) is 1. The second-order valence-corrected chi connectivity index (χ2v) is 7.20. The normalized spacial score (nSPS) is 12.2. The number of hydrogen-bond donors (Lipinski definition) is 0. The van der Waals surface area contributed by atoms with Gasteiger partial charge in [0.25, 0.3) is 0 Å². The van der Waals surface area contributed by atoms with Crippen LogP contribution in [0.2, 0.25) is 0 Å². The molecule has 0 N–H and O–H groups in total. The second-order valence-electron chi connectivity index (χ2n) is 5.26. The zero-order chi connectivity index (χ0) is 18.9. The van der Waals surface area contributed by atoms with Crippen molar-refractivity contribution in [1.29, 1.82) is 5.26 Å². The maximum atomic E-state index is 12.8. The molecule has 8 heteroatoms.